The minimum Gasteiger partial charge on any atom is -0.393 e. The molecule has 2 rings (SSSR count). The SMILES string of the molecule is CCc1ccc(CC(O)CC2CCSCC2)s1. The predicted molar refractivity (Wildman–Crippen MR) is 78.1 cm³/mol. The van der Waals surface area contributed by atoms with Crippen LogP contribution in [0.5, 0.6) is 0 Å². The van der Waals surface area contributed by atoms with Crippen molar-refractivity contribution >= 4 is 23.1 Å². The molecule has 0 radical (unpaired) electrons. The van der Waals surface area contributed by atoms with Gasteiger partial charge in [0, 0.05) is 16.2 Å². The Kier molecular flexibility index (Phi) is 5.39. The topological polar surface area (TPSA) is 20.2 Å². The van der Waals surface area contributed by atoms with Crippen LogP contribution >= 0.6 is 23.1 Å². The highest BCUT2D eigenvalue weighted by Gasteiger charge is 2.18. The summed E-state index contributed by atoms with van der Waals surface area (Å²) in [6.07, 6.45) is 5.43. The lowest BCUT2D eigenvalue weighted by Gasteiger charge is -2.23. The van der Waals surface area contributed by atoms with Crippen LogP contribution in [-0.4, -0.2) is 22.7 Å². The molecule has 0 aliphatic carbocycles. The van der Waals surface area contributed by atoms with Crippen molar-refractivity contribution in [1.82, 2.24) is 0 Å². The van der Waals surface area contributed by atoms with E-state index in [1.807, 2.05) is 11.3 Å². The lowest BCUT2D eigenvalue weighted by atomic mass is 9.94. The minimum atomic E-state index is -0.133. The average molecular weight is 270 g/mol. The first-order chi connectivity index (χ1) is 8.28. The van der Waals surface area contributed by atoms with Gasteiger partial charge in [0.05, 0.1) is 6.10 Å². The summed E-state index contributed by atoms with van der Waals surface area (Å²) in [5.41, 5.74) is 0. The summed E-state index contributed by atoms with van der Waals surface area (Å²) in [5.74, 6) is 3.34. The van der Waals surface area contributed by atoms with Crippen LogP contribution in [0.25, 0.3) is 0 Å². The van der Waals surface area contributed by atoms with Crippen molar-refractivity contribution in [3.63, 3.8) is 0 Å². The molecule has 1 aliphatic heterocycles. The maximum Gasteiger partial charge on any atom is 0.0591 e. The second-order valence-electron chi connectivity index (χ2n) is 4.87. The molecule has 1 unspecified atom stereocenters. The Morgan fingerprint density at radius 3 is 2.65 bits per heavy atom. The number of aliphatic hydroxyl groups excluding tert-OH is 1. The van der Waals surface area contributed by atoms with Gasteiger partial charge >= 0.3 is 0 Å². The van der Waals surface area contributed by atoms with Crippen LogP contribution in [0.1, 0.15) is 35.9 Å². The van der Waals surface area contributed by atoms with Gasteiger partial charge in [-0.2, -0.15) is 11.8 Å². The molecule has 0 aromatic carbocycles. The number of thioether (sulfide) groups is 1. The molecule has 3 heteroatoms. The van der Waals surface area contributed by atoms with E-state index >= 15 is 0 Å². The summed E-state index contributed by atoms with van der Waals surface area (Å²) in [6, 6.07) is 4.38. The summed E-state index contributed by atoms with van der Waals surface area (Å²) >= 11 is 3.92. The van der Waals surface area contributed by atoms with E-state index in [4.69, 9.17) is 0 Å². The van der Waals surface area contributed by atoms with Crippen molar-refractivity contribution in [2.45, 2.75) is 45.1 Å². The molecule has 1 saturated heterocycles. The van der Waals surface area contributed by atoms with Gasteiger partial charge in [-0.3, -0.25) is 0 Å². The maximum absolute atomic E-state index is 10.1. The molecule has 1 nitrogen and oxygen atoms in total. The Morgan fingerprint density at radius 1 is 1.29 bits per heavy atom. The average Bonchev–Trinajstić information content (AvgIpc) is 2.78. The van der Waals surface area contributed by atoms with Crippen molar-refractivity contribution < 1.29 is 5.11 Å². The number of aliphatic hydroxyl groups is 1. The second kappa shape index (κ2) is 6.81. The Hall–Kier alpha value is 0.01000. The minimum absolute atomic E-state index is 0.133. The highest BCUT2D eigenvalue weighted by Crippen LogP contribution is 2.28. The smallest absolute Gasteiger partial charge is 0.0591 e. The van der Waals surface area contributed by atoms with Crippen LogP contribution < -0.4 is 0 Å². The molecule has 0 spiro atoms. The summed E-state index contributed by atoms with van der Waals surface area (Å²) < 4.78 is 0. The molecule has 96 valence electrons. The third-order valence-electron chi connectivity index (χ3n) is 3.45. The quantitative estimate of drug-likeness (QED) is 0.879. The molecule has 1 aliphatic rings. The zero-order valence-electron chi connectivity index (χ0n) is 10.5. The summed E-state index contributed by atoms with van der Waals surface area (Å²) in [5, 5.41) is 10.1. The van der Waals surface area contributed by atoms with E-state index in [9.17, 15) is 5.11 Å². The van der Waals surface area contributed by atoms with Crippen LogP contribution in [0.15, 0.2) is 12.1 Å². The van der Waals surface area contributed by atoms with Gasteiger partial charge in [0.15, 0.2) is 0 Å². The van der Waals surface area contributed by atoms with Crippen molar-refractivity contribution in [1.29, 1.82) is 0 Å². The largest absolute Gasteiger partial charge is 0.393 e. The van der Waals surface area contributed by atoms with Crippen molar-refractivity contribution in [3.05, 3.63) is 21.9 Å². The Labute approximate surface area is 113 Å². The number of rotatable bonds is 5. The van der Waals surface area contributed by atoms with E-state index in [0.29, 0.717) is 0 Å². The van der Waals surface area contributed by atoms with Crippen LogP contribution in [0.3, 0.4) is 0 Å². The third kappa shape index (κ3) is 4.31. The molecule has 1 atom stereocenters. The summed E-state index contributed by atoms with van der Waals surface area (Å²) in [6.45, 7) is 2.19. The molecule has 0 amide bonds. The van der Waals surface area contributed by atoms with E-state index in [2.05, 4.69) is 30.8 Å². The highest BCUT2D eigenvalue weighted by molar-refractivity contribution is 7.99. The van der Waals surface area contributed by atoms with E-state index in [0.717, 1.165) is 25.2 Å². The van der Waals surface area contributed by atoms with Gasteiger partial charge in [-0.05, 0) is 55.2 Å². The van der Waals surface area contributed by atoms with Crippen molar-refractivity contribution in [3.8, 4) is 0 Å². The lowest BCUT2D eigenvalue weighted by molar-refractivity contribution is 0.140. The molecule has 1 aromatic heterocycles. The fourth-order valence-electron chi connectivity index (χ4n) is 2.40. The standard InChI is InChI=1S/C14H22OS2/c1-2-13-3-4-14(17-13)10-12(15)9-11-5-7-16-8-6-11/h3-4,11-12,15H,2,5-10H2,1H3. The molecule has 1 N–H and O–H groups in total. The van der Waals surface area contributed by atoms with Gasteiger partial charge < -0.3 is 5.11 Å². The van der Waals surface area contributed by atoms with Crippen molar-refractivity contribution in [2.75, 3.05) is 11.5 Å². The monoisotopic (exact) mass is 270 g/mol. The number of thiophene rings is 1. The fraction of sp³-hybridized carbons (Fsp3) is 0.714. The summed E-state index contributed by atoms with van der Waals surface area (Å²) in [7, 11) is 0. The Bertz CT molecular complexity index is 329. The first-order valence-electron chi connectivity index (χ1n) is 6.61. The normalized spacial score (nSPS) is 19.4. The van der Waals surface area contributed by atoms with Gasteiger partial charge in [-0.25, -0.2) is 0 Å². The highest BCUT2D eigenvalue weighted by atomic mass is 32.2. The molecule has 2 heterocycles. The van der Waals surface area contributed by atoms with E-state index in [1.54, 1.807) is 0 Å². The van der Waals surface area contributed by atoms with Crippen LogP contribution in [-0.2, 0) is 12.8 Å². The third-order valence-corrected chi connectivity index (χ3v) is 5.75. The zero-order valence-corrected chi connectivity index (χ0v) is 12.2. The van der Waals surface area contributed by atoms with Gasteiger partial charge in [-0.1, -0.05) is 6.92 Å². The van der Waals surface area contributed by atoms with Gasteiger partial charge in [0.2, 0.25) is 0 Å². The van der Waals surface area contributed by atoms with Crippen LogP contribution in [0.2, 0.25) is 0 Å². The fourth-order valence-corrected chi connectivity index (χ4v) is 4.64. The number of hydrogen-bond acceptors (Lipinski definition) is 3. The number of hydrogen-bond donors (Lipinski definition) is 1. The second-order valence-corrected chi connectivity index (χ2v) is 7.35. The molecular weight excluding hydrogens is 248 g/mol. The van der Waals surface area contributed by atoms with Gasteiger partial charge in [-0.15, -0.1) is 11.3 Å². The molecule has 0 saturated carbocycles. The molecule has 0 bridgehead atoms. The first-order valence-corrected chi connectivity index (χ1v) is 8.58. The summed E-state index contributed by atoms with van der Waals surface area (Å²) in [4.78, 5) is 2.78. The predicted octanol–water partition coefficient (Wildman–Crippen LogP) is 3.75. The lowest BCUT2D eigenvalue weighted by Crippen LogP contribution is -2.19. The van der Waals surface area contributed by atoms with E-state index in [-0.39, 0.29) is 6.10 Å². The van der Waals surface area contributed by atoms with Crippen molar-refractivity contribution in [2.24, 2.45) is 5.92 Å². The first kappa shape index (κ1) is 13.4. The number of aryl methyl sites for hydroxylation is 1. The van der Waals surface area contributed by atoms with E-state index in [1.165, 1.54) is 34.1 Å². The molecule has 17 heavy (non-hydrogen) atoms. The molecule has 1 aromatic rings. The molecule has 1 fully saturated rings. The maximum atomic E-state index is 10.1. The van der Waals surface area contributed by atoms with Gasteiger partial charge in [0.25, 0.3) is 0 Å². The Morgan fingerprint density at radius 2 is 2.00 bits per heavy atom. The van der Waals surface area contributed by atoms with Gasteiger partial charge in [0.1, 0.15) is 0 Å². The van der Waals surface area contributed by atoms with E-state index < -0.39 is 0 Å². The Balaban J connectivity index is 1.77. The zero-order chi connectivity index (χ0) is 12.1. The molecular formula is C14H22OS2. The van der Waals surface area contributed by atoms with Crippen LogP contribution in [0, 0.1) is 5.92 Å². The van der Waals surface area contributed by atoms with Crippen LogP contribution in [0.4, 0.5) is 0 Å².